The van der Waals surface area contributed by atoms with Gasteiger partial charge in [0.05, 0.1) is 36.5 Å². The van der Waals surface area contributed by atoms with Crippen LogP contribution in [-0.4, -0.2) is 46.6 Å². The summed E-state index contributed by atoms with van der Waals surface area (Å²) in [5.41, 5.74) is 0.966. The second-order valence-corrected chi connectivity index (χ2v) is 8.50. The molecule has 1 spiro atoms. The molecule has 124 valence electrons. The van der Waals surface area contributed by atoms with E-state index in [0.717, 1.165) is 53.4 Å². The molecule has 1 atom stereocenters. The molecule has 0 radical (unpaired) electrons. The quantitative estimate of drug-likeness (QED) is 0.843. The molecule has 4 heterocycles. The zero-order valence-electron chi connectivity index (χ0n) is 13.3. The lowest BCUT2D eigenvalue weighted by Crippen LogP contribution is -2.66. The molecule has 6 nitrogen and oxygen atoms in total. The van der Waals surface area contributed by atoms with E-state index in [-0.39, 0.29) is 11.7 Å². The van der Waals surface area contributed by atoms with Gasteiger partial charge in [-0.15, -0.1) is 21.5 Å². The number of hydrogen-bond donors (Lipinski definition) is 0. The summed E-state index contributed by atoms with van der Waals surface area (Å²) in [6, 6.07) is 0. The maximum Gasteiger partial charge on any atom is 0.208 e. The molecule has 2 aliphatic rings. The molecular formula is C15H20N4O2S2. The first-order valence-electron chi connectivity index (χ1n) is 7.84. The van der Waals surface area contributed by atoms with Gasteiger partial charge in [0.2, 0.25) is 5.13 Å². The van der Waals surface area contributed by atoms with Crippen molar-refractivity contribution in [1.82, 2.24) is 15.2 Å². The number of anilines is 1. The molecule has 2 fully saturated rings. The summed E-state index contributed by atoms with van der Waals surface area (Å²) in [7, 11) is 0. The third kappa shape index (κ3) is 3.26. The Kier molecular flexibility index (Phi) is 4.08. The van der Waals surface area contributed by atoms with Crippen molar-refractivity contribution in [3.63, 3.8) is 0 Å². The Labute approximate surface area is 143 Å². The van der Waals surface area contributed by atoms with Gasteiger partial charge in [0, 0.05) is 18.4 Å². The van der Waals surface area contributed by atoms with Crippen molar-refractivity contribution in [3.05, 3.63) is 21.1 Å². The van der Waals surface area contributed by atoms with Crippen LogP contribution in [0.5, 0.6) is 0 Å². The Balaban J connectivity index is 1.31. The van der Waals surface area contributed by atoms with Crippen molar-refractivity contribution in [2.45, 2.75) is 45.0 Å². The molecule has 8 heteroatoms. The van der Waals surface area contributed by atoms with Gasteiger partial charge in [0.15, 0.2) is 0 Å². The van der Waals surface area contributed by atoms with Crippen molar-refractivity contribution in [2.24, 2.45) is 0 Å². The fourth-order valence-electron chi connectivity index (χ4n) is 3.22. The Hall–Kier alpha value is -1.09. The molecule has 2 aliphatic heterocycles. The van der Waals surface area contributed by atoms with Crippen LogP contribution in [-0.2, 0) is 16.1 Å². The topological polar surface area (TPSA) is 60.4 Å². The summed E-state index contributed by atoms with van der Waals surface area (Å²) in [5, 5.41) is 13.5. The number of thiazole rings is 1. The van der Waals surface area contributed by atoms with Gasteiger partial charge in [-0.25, -0.2) is 4.98 Å². The number of aryl methyl sites for hydroxylation is 2. The molecule has 0 N–H and O–H groups in total. The van der Waals surface area contributed by atoms with E-state index < -0.39 is 0 Å². The Morgan fingerprint density at radius 1 is 1.35 bits per heavy atom. The molecule has 0 bridgehead atoms. The lowest BCUT2D eigenvalue weighted by Gasteiger charge is -2.52. The predicted molar refractivity (Wildman–Crippen MR) is 90.2 cm³/mol. The van der Waals surface area contributed by atoms with Gasteiger partial charge in [0.25, 0.3) is 0 Å². The van der Waals surface area contributed by atoms with Gasteiger partial charge < -0.3 is 14.4 Å². The van der Waals surface area contributed by atoms with Crippen molar-refractivity contribution < 1.29 is 9.47 Å². The molecule has 2 aromatic rings. The van der Waals surface area contributed by atoms with E-state index in [1.165, 1.54) is 0 Å². The highest BCUT2D eigenvalue weighted by Crippen LogP contribution is 2.38. The van der Waals surface area contributed by atoms with Crippen molar-refractivity contribution >= 4 is 27.8 Å². The number of rotatable bonds is 4. The zero-order chi connectivity index (χ0) is 15.9. The normalized spacial score (nSPS) is 23.2. The molecule has 0 aromatic carbocycles. The van der Waals surface area contributed by atoms with E-state index in [1.807, 2.05) is 13.8 Å². The Morgan fingerprint density at radius 3 is 2.91 bits per heavy atom. The third-order valence-electron chi connectivity index (χ3n) is 4.33. The highest BCUT2D eigenvalue weighted by Gasteiger charge is 2.48. The molecule has 1 unspecified atom stereocenters. The van der Waals surface area contributed by atoms with Gasteiger partial charge in [-0.3, -0.25) is 0 Å². The van der Waals surface area contributed by atoms with E-state index in [4.69, 9.17) is 9.47 Å². The molecule has 0 saturated carbocycles. The number of nitrogens with zero attached hydrogens (tertiary/aromatic N) is 4. The zero-order valence-corrected chi connectivity index (χ0v) is 15.0. The first-order valence-corrected chi connectivity index (χ1v) is 9.53. The van der Waals surface area contributed by atoms with Crippen LogP contribution in [0.2, 0.25) is 0 Å². The highest BCUT2D eigenvalue weighted by molar-refractivity contribution is 7.15. The maximum absolute atomic E-state index is 6.08. The van der Waals surface area contributed by atoms with Gasteiger partial charge in [-0.2, -0.15) is 0 Å². The van der Waals surface area contributed by atoms with E-state index in [2.05, 4.69) is 25.5 Å². The molecule has 0 aliphatic carbocycles. The summed E-state index contributed by atoms with van der Waals surface area (Å²) >= 11 is 3.31. The van der Waals surface area contributed by atoms with Crippen LogP contribution in [0, 0.1) is 13.8 Å². The lowest BCUT2D eigenvalue weighted by molar-refractivity contribution is -0.148. The number of hydrogen-bond acceptors (Lipinski definition) is 8. The second-order valence-electron chi connectivity index (χ2n) is 6.27. The Bertz CT molecular complexity index is 681. The standard InChI is InChI=1S/C15H20N4O2S2/c1-10-16-12(7-22-10)6-20-13-3-4-21-15(5-13)8-19(9-15)14-18-17-11(2)23-14/h7,13H,3-6,8-9H2,1-2H3. The van der Waals surface area contributed by atoms with Crippen molar-refractivity contribution in [1.29, 1.82) is 0 Å². The van der Waals surface area contributed by atoms with E-state index >= 15 is 0 Å². The van der Waals surface area contributed by atoms with Crippen molar-refractivity contribution in [2.75, 3.05) is 24.6 Å². The summed E-state index contributed by atoms with van der Waals surface area (Å²) in [6.07, 6.45) is 2.16. The van der Waals surface area contributed by atoms with Crippen LogP contribution in [0.4, 0.5) is 5.13 Å². The van der Waals surface area contributed by atoms with Crippen molar-refractivity contribution in [3.8, 4) is 0 Å². The van der Waals surface area contributed by atoms with Crippen LogP contribution >= 0.6 is 22.7 Å². The monoisotopic (exact) mass is 352 g/mol. The van der Waals surface area contributed by atoms with E-state index in [9.17, 15) is 0 Å². The average Bonchev–Trinajstić information content (AvgIpc) is 3.11. The van der Waals surface area contributed by atoms with Crippen LogP contribution in [0.3, 0.4) is 0 Å². The van der Waals surface area contributed by atoms with Crippen LogP contribution in [0.1, 0.15) is 28.6 Å². The molecular weight excluding hydrogens is 332 g/mol. The fourth-order valence-corrected chi connectivity index (χ4v) is 4.50. The molecule has 2 aromatic heterocycles. The summed E-state index contributed by atoms with van der Waals surface area (Å²) in [6.45, 7) is 7.15. The maximum atomic E-state index is 6.08. The minimum Gasteiger partial charge on any atom is -0.372 e. The first kappa shape index (κ1) is 15.4. The van der Waals surface area contributed by atoms with Gasteiger partial charge in [-0.1, -0.05) is 11.3 Å². The van der Waals surface area contributed by atoms with Crippen LogP contribution < -0.4 is 4.90 Å². The fraction of sp³-hybridized carbons (Fsp3) is 0.667. The summed E-state index contributed by atoms with van der Waals surface area (Å²) in [4.78, 5) is 6.71. The van der Waals surface area contributed by atoms with Gasteiger partial charge in [0.1, 0.15) is 10.6 Å². The van der Waals surface area contributed by atoms with E-state index in [0.29, 0.717) is 6.61 Å². The number of ether oxygens (including phenoxy) is 2. The first-order chi connectivity index (χ1) is 11.1. The lowest BCUT2D eigenvalue weighted by atomic mass is 9.85. The summed E-state index contributed by atoms with van der Waals surface area (Å²) in [5.74, 6) is 0. The minimum atomic E-state index is -0.0690. The van der Waals surface area contributed by atoms with Gasteiger partial charge in [-0.05, 0) is 20.3 Å². The molecule has 0 amide bonds. The molecule has 4 rings (SSSR count). The molecule has 2 saturated heterocycles. The number of aromatic nitrogens is 3. The van der Waals surface area contributed by atoms with Crippen LogP contribution in [0.15, 0.2) is 5.38 Å². The smallest absolute Gasteiger partial charge is 0.208 e. The molecule has 23 heavy (non-hydrogen) atoms. The summed E-state index contributed by atoms with van der Waals surface area (Å²) < 4.78 is 12.1. The van der Waals surface area contributed by atoms with E-state index in [1.54, 1.807) is 22.7 Å². The third-order valence-corrected chi connectivity index (χ3v) is 6.05. The van der Waals surface area contributed by atoms with Crippen LogP contribution in [0.25, 0.3) is 0 Å². The minimum absolute atomic E-state index is 0.0690. The SMILES string of the molecule is Cc1nc(COC2CCOC3(C2)CN(c2nnc(C)s2)C3)cs1. The largest absolute Gasteiger partial charge is 0.372 e. The second kappa shape index (κ2) is 6.08. The predicted octanol–water partition coefficient (Wildman–Crippen LogP) is 2.57. The van der Waals surface area contributed by atoms with Gasteiger partial charge >= 0.3 is 0 Å². The highest BCUT2D eigenvalue weighted by atomic mass is 32.1. The Morgan fingerprint density at radius 2 is 2.22 bits per heavy atom. The average molecular weight is 352 g/mol.